The number of hydrogen-bond donors (Lipinski definition) is 1. The van der Waals surface area contributed by atoms with Gasteiger partial charge in [0.15, 0.2) is 0 Å². The van der Waals surface area contributed by atoms with E-state index in [-0.39, 0.29) is 11.6 Å². The largest absolute Gasteiger partial charge is 0.494 e. The second-order valence-corrected chi connectivity index (χ2v) is 6.28. The fraction of sp³-hybridized carbons (Fsp3) is 0.238. The van der Waals surface area contributed by atoms with E-state index in [1.54, 1.807) is 0 Å². The van der Waals surface area contributed by atoms with E-state index >= 15 is 0 Å². The highest BCUT2D eigenvalue weighted by Gasteiger charge is 2.43. The first-order valence-electron chi connectivity index (χ1n) is 8.74. The topological polar surface area (TPSA) is 71.1 Å². The maximum atomic E-state index is 9.38. The van der Waals surface area contributed by atoms with Crippen molar-refractivity contribution in [3.05, 3.63) is 71.7 Å². The van der Waals surface area contributed by atoms with Crippen molar-refractivity contribution in [2.75, 3.05) is 11.9 Å². The van der Waals surface area contributed by atoms with Gasteiger partial charge in [0.1, 0.15) is 11.8 Å². The third-order valence-electron chi connectivity index (χ3n) is 4.51. The molecule has 5 heteroatoms. The van der Waals surface area contributed by atoms with Crippen LogP contribution in [0.4, 0.5) is 11.6 Å². The molecule has 0 radical (unpaired) electrons. The molecular formula is C21H19N3O2. The molecule has 3 aromatic rings. The number of aromatic nitrogens is 1. The molecule has 1 aliphatic rings. The summed E-state index contributed by atoms with van der Waals surface area (Å²) in [4.78, 5) is 4.39. The predicted octanol–water partition coefficient (Wildman–Crippen LogP) is 4.96. The first kappa shape index (κ1) is 16.2. The van der Waals surface area contributed by atoms with Crippen LogP contribution in [-0.2, 0) is 0 Å². The Balaban J connectivity index is 1.50. The molecule has 0 unspecified atom stereocenters. The number of oxazole rings is 1. The number of rotatable bonds is 6. The lowest BCUT2D eigenvalue weighted by atomic mass is 10.1. The average Bonchev–Trinajstić information content (AvgIpc) is 3.38. The lowest BCUT2D eigenvalue weighted by molar-refractivity contribution is 0.340. The monoisotopic (exact) mass is 345 g/mol. The first-order valence-corrected chi connectivity index (χ1v) is 8.74. The molecule has 1 fully saturated rings. The third-order valence-corrected chi connectivity index (χ3v) is 4.51. The number of nitrogens with one attached hydrogen (secondary N) is 1. The van der Waals surface area contributed by atoms with Crippen LogP contribution in [0.3, 0.4) is 0 Å². The fourth-order valence-electron chi connectivity index (χ4n) is 3.12. The number of benzene rings is 2. The molecule has 1 N–H and O–H groups in total. The highest BCUT2D eigenvalue weighted by Crippen LogP contribution is 2.54. The zero-order valence-corrected chi connectivity index (χ0v) is 14.5. The normalized spacial score (nSPS) is 18.2. The van der Waals surface area contributed by atoms with Crippen molar-refractivity contribution in [3.8, 4) is 11.8 Å². The van der Waals surface area contributed by atoms with Crippen LogP contribution in [-0.4, -0.2) is 11.6 Å². The average molecular weight is 345 g/mol. The summed E-state index contributed by atoms with van der Waals surface area (Å²) in [5.74, 6) is 2.48. The SMILES string of the molecule is CCOc1ccc(Nc2oc([C@H]3C[C@H]3c3ccccc3)nc2C#N)cc1. The van der Waals surface area contributed by atoms with E-state index in [9.17, 15) is 5.26 Å². The van der Waals surface area contributed by atoms with Crippen LogP contribution in [0.15, 0.2) is 59.0 Å². The molecule has 2 aromatic carbocycles. The van der Waals surface area contributed by atoms with E-state index in [0.29, 0.717) is 24.3 Å². The summed E-state index contributed by atoms with van der Waals surface area (Å²) >= 11 is 0. The lowest BCUT2D eigenvalue weighted by Crippen LogP contribution is -1.93. The van der Waals surface area contributed by atoms with Crippen molar-refractivity contribution in [2.45, 2.75) is 25.2 Å². The van der Waals surface area contributed by atoms with Gasteiger partial charge in [-0.05, 0) is 49.1 Å². The van der Waals surface area contributed by atoms with Gasteiger partial charge in [-0.3, -0.25) is 0 Å². The van der Waals surface area contributed by atoms with E-state index in [2.05, 4.69) is 28.5 Å². The van der Waals surface area contributed by atoms with Crippen molar-refractivity contribution < 1.29 is 9.15 Å². The Morgan fingerprint density at radius 1 is 1.15 bits per heavy atom. The van der Waals surface area contributed by atoms with E-state index < -0.39 is 0 Å². The van der Waals surface area contributed by atoms with Crippen molar-refractivity contribution in [2.24, 2.45) is 0 Å². The zero-order chi connectivity index (χ0) is 17.9. The van der Waals surface area contributed by atoms with Gasteiger partial charge >= 0.3 is 0 Å². The highest BCUT2D eigenvalue weighted by atomic mass is 16.5. The summed E-state index contributed by atoms with van der Waals surface area (Å²) in [5, 5.41) is 12.5. The Kier molecular flexibility index (Phi) is 4.32. The van der Waals surface area contributed by atoms with Crippen LogP contribution in [0.25, 0.3) is 0 Å². The molecule has 1 aliphatic carbocycles. The molecule has 0 aliphatic heterocycles. The second-order valence-electron chi connectivity index (χ2n) is 6.28. The molecule has 4 rings (SSSR count). The molecule has 130 valence electrons. The van der Waals surface area contributed by atoms with Crippen LogP contribution in [0.1, 0.15) is 42.3 Å². The number of nitriles is 1. The Hall–Kier alpha value is -3.26. The van der Waals surface area contributed by atoms with E-state index in [1.165, 1.54) is 5.56 Å². The molecule has 1 saturated carbocycles. The Morgan fingerprint density at radius 3 is 2.62 bits per heavy atom. The quantitative estimate of drug-likeness (QED) is 0.684. The number of anilines is 2. The minimum Gasteiger partial charge on any atom is -0.494 e. The van der Waals surface area contributed by atoms with Crippen LogP contribution < -0.4 is 10.1 Å². The van der Waals surface area contributed by atoms with Crippen molar-refractivity contribution in [1.82, 2.24) is 4.98 Å². The Bertz CT molecular complexity index is 926. The number of nitrogens with zero attached hydrogens (tertiary/aromatic N) is 2. The van der Waals surface area contributed by atoms with Gasteiger partial charge in [-0.2, -0.15) is 5.26 Å². The lowest BCUT2D eigenvalue weighted by Gasteiger charge is -2.05. The molecule has 0 saturated heterocycles. The Labute approximate surface area is 152 Å². The maximum Gasteiger partial charge on any atom is 0.236 e. The van der Waals surface area contributed by atoms with Crippen molar-refractivity contribution in [1.29, 1.82) is 5.26 Å². The number of hydrogen-bond acceptors (Lipinski definition) is 5. The van der Waals surface area contributed by atoms with Crippen LogP contribution in [0.5, 0.6) is 5.75 Å². The van der Waals surface area contributed by atoms with E-state index in [4.69, 9.17) is 9.15 Å². The minimum absolute atomic E-state index is 0.236. The molecule has 1 heterocycles. The summed E-state index contributed by atoms with van der Waals surface area (Å²) < 4.78 is 11.3. The van der Waals surface area contributed by atoms with Gasteiger partial charge in [-0.25, -0.2) is 4.98 Å². The van der Waals surface area contributed by atoms with Crippen LogP contribution in [0, 0.1) is 11.3 Å². The summed E-state index contributed by atoms with van der Waals surface area (Å²) in [6.45, 7) is 2.57. The zero-order valence-electron chi connectivity index (χ0n) is 14.5. The summed E-state index contributed by atoms with van der Waals surface area (Å²) in [7, 11) is 0. The molecule has 0 amide bonds. The molecule has 0 spiro atoms. The van der Waals surface area contributed by atoms with E-state index in [0.717, 1.165) is 17.9 Å². The van der Waals surface area contributed by atoms with Crippen molar-refractivity contribution >= 4 is 11.6 Å². The van der Waals surface area contributed by atoms with Crippen molar-refractivity contribution in [3.63, 3.8) is 0 Å². The van der Waals surface area contributed by atoms with E-state index in [1.807, 2.05) is 49.4 Å². The summed E-state index contributed by atoms with van der Waals surface area (Å²) in [5.41, 5.74) is 2.39. The fourth-order valence-corrected chi connectivity index (χ4v) is 3.12. The summed E-state index contributed by atoms with van der Waals surface area (Å²) in [6, 6.07) is 20.0. The second kappa shape index (κ2) is 6.93. The smallest absolute Gasteiger partial charge is 0.236 e. The minimum atomic E-state index is 0.236. The molecular weight excluding hydrogens is 326 g/mol. The predicted molar refractivity (Wildman–Crippen MR) is 98.7 cm³/mol. The number of ether oxygens (including phenoxy) is 1. The molecule has 5 nitrogen and oxygen atoms in total. The van der Waals surface area contributed by atoms with Gasteiger partial charge in [0, 0.05) is 11.6 Å². The van der Waals surface area contributed by atoms with Gasteiger partial charge in [0.25, 0.3) is 0 Å². The van der Waals surface area contributed by atoms with Gasteiger partial charge in [-0.15, -0.1) is 0 Å². The molecule has 1 aromatic heterocycles. The van der Waals surface area contributed by atoms with Gasteiger partial charge in [-0.1, -0.05) is 30.3 Å². The highest BCUT2D eigenvalue weighted by molar-refractivity contribution is 5.60. The van der Waals surface area contributed by atoms with Crippen LogP contribution in [0.2, 0.25) is 0 Å². The standard InChI is InChI=1S/C21H19N3O2/c1-2-25-16-10-8-15(9-11-16)23-21-19(13-22)24-20(26-21)18-12-17(18)14-6-4-3-5-7-14/h3-11,17-18,23H,2,12H2,1H3/t17-,18-/m0/s1. The van der Waals surface area contributed by atoms with Gasteiger partial charge < -0.3 is 14.5 Å². The molecule has 2 atom stereocenters. The molecule has 26 heavy (non-hydrogen) atoms. The third kappa shape index (κ3) is 3.27. The maximum absolute atomic E-state index is 9.38. The Morgan fingerprint density at radius 2 is 1.92 bits per heavy atom. The van der Waals surface area contributed by atoms with Crippen LogP contribution >= 0.6 is 0 Å². The first-order chi connectivity index (χ1) is 12.8. The van der Waals surface area contributed by atoms with Gasteiger partial charge in [0.2, 0.25) is 17.5 Å². The van der Waals surface area contributed by atoms with Gasteiger partial charge in [0.05, 0.1) is 6.61 Å². The summed E-state index contributed by atoms with van der Waals surface area (Å²) in [6.07, 6.45) is 0.998. The molecule has 0 bridgehead atoms.